The summed E-state index contributed by atoms with van der Waals surface area (Å²) in [5.41, 5.74) is -5.53. The molecule has 0 aromatic rings. The van der Waals surface area contributed by atoms with Crippen LogP contribution in [0, 0.1) is 0 Å². The molecule has 8 heteroatoms. The molecule has 1 saturated carbocycles. The second-order valence-electron chi connectivity index (χ2n) is 3.42. The zero-order valence-electron chi connectivity index (χ0n) is 8.83. The van der Waals surface area contributed by atoms with Gasteiger partial charge in [0.1, 0.15) is 0 Å². The van der Waals surface area contributed by atoms with Gasteiger partial charge in [0, 0.05) is 5.25 Å². The van der Waals surface area contributed by atoms with E-state index in [1.807, 2.05) is 11.8 Å². The van der Waals surface area contributed by atoms with Gasteiger partial charge in [-0.05, 0) is 19.1 Å². The van der Waals surface area contributed by atoms with Gasteiger partial charge in [-0.2, -0.15) is 33.4 Å². The third kappa shape index (κ3) is 6.59. The molecule has 3 nitrogen and oxygen atoms in total. The number of hydrogen-bond donors (Lipinski definition) is 1. The van der Waals surface area contributed by atoms with Gasteiger partial charge in [-0.15, -0.1) is 0 Å². The zero-order valence-corrected chi connectivity index (χ0v) is 10.5. The largest absolute Gasteiger partial charge is 0.522 e. The van der Waals surface area contributed by atoms with E-state index >= 15 is 0 Å². The van der Waals surface area contributed by atoms with Gasteiger partial charge in [-0.1, -0.05) is 19.3 Å². The molecule has 1 aliphatic carbocycles. The van der Waals surface area contributed by atoms with E-state index in [4.69, 9.17) is 13.0 Å². The summed E-state index contributed by atoms with van der Waals surface area (Å²) in [5.74, 6) is 0. The Kier molecular flexibility index (Phi) is 6.73. The van der Waals surface area contributed by atoms with Crippen molar-refractivity contribution in [1.29, 1.82) is 0 Å². The number of rotatable bonds is 1. The lowest BCUT2D eigenvalue weighted by atomic mass is 10.0. The average Bonchev–Trinajstić information content (AvgIpc) is 2.17. The maximum atomic E-state index is 10.7. The van der Waals surface area contributed by atoms with Gasteiger partial charge < -0.3 is 0 Å². The monoisotopic (exact) mass is 280 g/mol. The summed E-state index contributed by atoms with van der Waals surface area (Å²) in [6, 6.07) is 0. The van der Waals surface area contributed by atoms with Gasteiger partial charge in [0.2, 0.25) is 0 Å². The molecule has 0 unspecified atom stereocenters. The van der Waals surface area contributed by atoms with Crippen LogP contribution >= 0.6 is 11.8 Å². The number of halogens is 3. The summed E-state index contributed by atoms with van der Waals surface area (Å²) in [6.45, 7) is 0. The fourth-order valence-corrected chi connectivity index (χ4v) is 2.11. The Balaban J connectivity index is 0.000000281. The van der Waals surface area contributed by atoms with E-state index in [0.29, 0.717) is 0 Å². The van der Waals surface area contributed by atoms with Crippen LogP contribution in [0.3, 0.4) is 0 Å². The third-order valence-corrected chi connectivity index (χ3v) is 3.90. The Labute approximate surface area is 97.5 Å². The summed E-state index contributed by atoms with van der Waals surface area (Å²) in [4.78, 5) is 0. The first-order valence-corrected chi connectivity index (χ1v) is 7.48. The third-order valence-electron chi connectivity index (χ3n) is 2.18. The first kappa shape index (κ1) is 16.1. The highest BCUT2D eigenvalue weighted by Gasteiger charge is 2.44. The highest BCUT2D eigenvalue weighted by atomic mass is 32.2. The van der Waals surface area contributed by atoms with E-state index in [1.54, 1.807) is 0 Å². The predicted molar refractivity (Wildman–Crippen MR) is 58.0 cm³/mol. The van der Waals surface area contributed by atoms with Crippen LogP contribution in [0.5, 0.6) is 0 Å². The second-order valence-corrected chi connectivity index (χ2v) is 5.97. The summed E-state index contributed by atoms with van der Waals surface area (Å²) < 4.78 is 57.5. The molecule has 0 atom stereocenters. The maximum Gasteiger partial charge on any atom is 0.522 e. The normalized spacial score (nSPS) is 18.8. The summed E-state index contributed by atoms with van der Waals surface area (Å²) in [5, 5.41) is 1.00. The Morgan fingerprint density at radius 1 is 1.19 bits per heavy atom. The molecular formula is C8H15F3O3S2. The molecule has 1 fully saturated rings. The van der Waals surface area contributed by atoms with E-state index in [-0.39, 0.29) is 0 Å². The van der Waals surface area contributed by atoms with Gasteiger partial charge in [0.25, 0.3) is 0 Å². The van der Waals surface area contributed by atoms with Crippen LogP contribution in [0.25, 0.3) is 0 Å². The molecule has 0 aromatic heterocycles. The van der Waals surface area contributed by atoms with Crippen LogP contribution in [-0.4, -0.2) is 30.0 Å². The number of alkyl halides is 3. The summed E-state index contributed by atoms with van der Waals surface area (Å²) >= 11 is 2.05. The molecule has 1 N–H and O–H groups in total. The number of thioether (sulfide) groups is 1. The molecule has 16 heavy (non-hydrogen) atoms. The highest BCUT2D eigenvalue weighted by Crippen LogP contribution is 2.25. The lowest BCUT2D eigenvalue weighted by Crippen LogP contribution is -2.21. The molecule has 1 aliphatic rings. The van der Waals surface area contributed by atoms with E-state index in [1.165, 1.54) is 32.1 Å². The first-order chi connectivity index (χ1) is 7.18. The standard InChI is InChI=1S/C7H14S.CHF3O3S/c1-8-7-5-3-2-4-6-7;2-1(3,4)8(5,6)7/h7H,2-6H2,1H3;(H,5,6,7). The van der Waals surface area contributed by atoms with Crippen molar-refractivity contribution < 1.29 is 26.1 Å². The van der Waals surface area contributed by atoms with Gasteiger partial charge >= 0.3 is 15.6 Å². The van der Waals surface area contributed by atoms with Crippen LogP contribution in [0.4, 0.5) is 13.2 Å². The van der Waals surface area contributed by atoms with Crippen LogP contribution in [0.2, 0.25) is 0 Å². The van der Waals surface area contributed by atoms with Gasteiger partial charge in [-0.25, -0.2) is 0 Å². The van der Waals surface area contributed by atoms with Crippen LogP contribution in [-0.2, 0) is 10.1 Å². The van der Waals surface area contributed by atoms with Crippen molar-refractivity contribution in [1.82, 2.24) is 0 Å². The zero-order chi connectivity index (χ0) is 12.8. The van der Waals surface area contributed by atoms with Crippen LogP contribution < -0.4 is 0 Å². The van der Waals surface area contributed by atoms with Gasteiger partial charge in [0.05, 0.1) is 0 Å². The molecule has 0 aliphatic heterocycles. The predicted octanol–water partition coefficient (Wildman–Crippen LogP) is 3.08. The smallest absolute Gasteiger partial charge is 0.279 e. The molecule has 0 aromatic carbocycles. The van der Waals surface area contributed by atoms with Crippen molar-refractivity contribution in [2.45, 2.75) is 42.9 Å². The molecule has 0 amide bonds. The fourth-order valence-electron chi connectivity index (χ4n) is 1.30. The lowest BCUT2D eigenvalue weighted by Gasteiger charge is -2.18. The van der Waals surface area contributed by atoms with Gasteiger partial charge in [0.15, 0.2) is 0 Å². The van der Waals surface area contributed by atoms with Gasteiger partial charge in [-0.3, -0.25) is 4.55 Å². The Bertz CT molecular complexity index is 281. The van der Waals surface area contributed by atoms with Crippen molar-refractivity contribution in [2.24, 2.45) is 0 Å². The average molecular weight is 280 g/mol. The topological polar surface area (TPSA) is 54.4 Å². The molecule has 0 radical (unpaired) electrons. The molecule has 0 bridgehead atoms. The fraction of sp³-hybridized carbons (Fsp3) is 1.00. The first-order valence-electron chi connectivity index (χ1n) is 4.75. The Morgan fingerprint density at radius 2 is 1.56 bits per heavy atom. The maximum absolute atomic E-state index is 10.7. The van der Waals surface area contributed by atoms with Crippen molar-refractivity contribution in [3.8, 4) is 0 Å². The molecule has 98 valence electrons. The summed E-state index contributed by atoms with van der Waals surface area (Å²) in [7, 11) is -5.84. The van der Waals surface area contributed by atoms with E-state index in [9.17, 15) is 13.2 Å². The number of hydrogen-bond acceptors (Lipinski definition) is 3. The molecule has 0 spiro atoms. The second kappa shape index (κ2) is 6.70. The lowest BCUT2D eigenvalue weighted by molar-refractivity contribution is -0.0510. The minimum absolute atomic E-state index is 1.00. The summed E-state index contributed by atoms with van der Waals surface area (Å²) in [6.07, 6.45) is 9.62. The Hall–Kier alpha value is 0.0500. The SMILES string of the molecule is CSC1CCCCC1.O=S(=O)(O)C(F)(F)F. The highest BCUT2D eigenvalue weighted by molar-refractivity contribution is 7.99. The molecule has 0 saturated heterocycles. The quantitative estimate of drug-likeness (QED) is 0.592. The van der Waals surface area contributed by atoms with Crippen molar-refractivity contribution >= 4 is 21.9 Å². The molecule has 0 heterocycles. The van der Waals surface area contributed by atoms with E-state index < -0.39 is 15.6 Å². The van der Waals surface area contributed by atoms with Crippen LogP contribution in [0.15, 0.2) is 0 Å². The minimum Gasteiger partial charge on any atom is -0.279 e. The van der Waals surface area contributed by atoms with Crippen molar-refractivity contribution in [2.75, 3.05) is 6.26 Å². The van der Waals surface area contributed by atoms with E-state index in [2.05, 4.69) is 6.26 Å². The molecular weight excluding hydrogens is 265 g/mol. The molecule has 1 rings (SSSR count). The van der Waals surface area contributed by atoms with Crippen molar-refractivity contribution in [3.05, 3.63) is 0 Å². The van der Waals surface area contributed by atoms with Crippen molar-refractivity contribution in [3.63, 3.8) is 0 Å². The van der Waals surface area contributed by atoms with E-state index in [0.717, 1.165) is 5.25 Å². The minimum atomic E-state index is -5.84. The van der Waals surface area contributed by atoms with Crippen LogP contribution in [0.1, 0.15) is 32.1 Å². The Morgan fingerprint density at radius 3 is 1.75 bits per heavy atom.